The summed E-state index contributed by atoms with van der Waals surface area (Å²) in [7, 11) is 0. The van der Waals surface area contributed by atoms with E-state index in [1.54, 1.807) is 6.26 Å². The molecule has 0 saturated heterocycles. The van der Waals surface area contributed by atoms with Crippen LogP contribution in [-0.2, 0) is 9.53 Å². The summed E-state index contributed by atoms with van der Waals surface area (Å²) in [4.78, 5) is 11.3. The largest absolute Gasteiger partial charge is 0.497 e. The van der Waals surface area contributed by atoms with Gasteiger partial charge in [0.15, 0.2) is 0 Å². The summed E-state index contributed by atoms with van der Waals surface area (Å²) in [6.45, 7) is 2.41. The van der Waals surface area contributed by atoms with E-state index in [4.69, 9.17) is 4.74 Å². The second-order valence-corrected chi connectivity index (χ2v) is 4.48. The van der Waals surface area contributed by atoms with Crippen LogP contribution < -0.4 is 10.6 Å². The van der Waals surface area contributed by atoms with E-state index in [0.29, 0.717) is 12.0 Å². The number of carbonyl (C=O) groups is 1. The van der Waals surface area contributed by atoms with Gasteiger partial charge in [-0.2, -0.15) is 0 Å². The van der Waals surface area contributed by atoms with E-state index in [1.807, 2.05) is 6.08 Å². The smallest absolute Gasteiger partial charge is 0.223 e. The molecule has 16 heavy (non-hydrogen) atoms. The quantitative estimate of drug-likeness (QED) is 0.656. The molecule has 2 N–H and O–H groups in total. The molecule has 1 unspecified atom stereocenters. The number of hydrogen-bond donors (Lipinski definition) is 2. The number of carbonyl (C=O) groups excluding carboxylic acids is 1. The molecule has 1 amide bonds. The molecule has 1 saturated carbocycles. The molecule has 0 aromatic rings. The molecule has 0 spiro atoms. The van der Waals surface area contributed by atoms with Crippen LogP contribution in [0.4, 0.5) is 0 Å². The zero-order chi connectivity index (χ0) is 11.2. The average molecular weight is 224 g/mol. The maximum Gasteiger partial charge on any atom is 0.223 e. The first kappa shape index (κ1) is 11.5. The summed E-state index contributed by atoms with van der Waals surface area (Å²) in [6, 6.07) is 0. The van der Waals surface area contributed by atoms with Gasteiger partial charge in [-0.1, -0.05) is 0 Å². The molecule has 2 rings (SSSR count). The average Bonchev–Trinajstić information content (AvgIpc) is 3.13. The molecule has 0 bridgehead atoms. The first-order valence-corrected chi connectivity index (χ1v) is 6.15. The van der Waals surface area contributed by atoms with Gasteiger partial charge in [-0.3, -0.25) is 4.79 Å². The molecule has 90 valence electrons. The van der Waals surface area contributed by atoms with Crippen molar-refractivity contribution in [3.8, 4) is 0 Å². The second kappa shape index (κ2) is 5.89. The Labute approximate surface area is 96.4 Å². The van der Waals surface area contributed by atoms with Crippen LogP contribution in [0.1, 0.15) is 25.7 Å². The van der Waals surface area contributed by atoms with Gasteiger partial charge in [-0.05, 0) is 31.8 Å². The highest BCUT2D eigenvalue weighted by Crippen LogP contribution is 2.28. The number of hydrogen-bond acceptors (Lipinski definition) is 3. The Kier molecular flexibility index (Phi) is 4.22. The topological polar surface area (TPSA) is 50.4 Å². The third kappa shape index (κ3) is 3.85. The first-order chi connectivity index (χ1) is 7.86. The number of nitrogens with one attached hydrogen (secondary N) is 2. The summed E-state index contributed by atoms with van der Waals surface area (Å²) >= 11 is 0. The fourth-order valence-electron chi connectivity index (χ4n) is 1.76. The highest BCUT2D eigenvalue weighted by Gasteiger charge is 2.28. The Morgan fingerprint density at radius 1 is 1.31 bits per heavy atom. The number of rotatable bonds is 6. The molecule has 1 fully saturated rings. The summed E-state index contributed by atoms with van der Waals surface area (Å²) in [6.07, 6.45) is 8.45. The van der Waals surface area contributed by atoms with E-state index >= 15 is 0 Å². The molecule has 4 heteroatoms. The first-order valence-electron chi connectivity index (χ1n) is 6.15. The third-order valence-corrected chi connectivity index (χ3v) is 2.94. The Hall–Kier alpha value is -1.03. The predicted molar refractivity (Wildman–Crippen MR) is 61.9 cm³/mol. The summed E-state index contributed by atoms with van der Waals surface area (Å²) < 4.78 is 5.42. The highest BCUT2D eigenvalue weighted by atomic mass is 16.5. The van der Waals surface area contributed by atoms with Gasteiger partial charge in [-0.15, -0.1) is 0 Å². The van der Waals surface area contributed by atoms with E-state index in [0.717, 1.165) is 45.3 Å². The Balaban J connectivity index is 1.45. The van der Waals surface area contributed by atoms with Gasteiger partial charge in [0, 0.05) is 25.6 Å². The monoisotopic (exact) mass is 224 g/mol. The molecule has 1 heterocycles. The lowest BCUT2D eigenvalue weighted by molar-refractivity contribution is -0.122. The van der Waals surface area contributed by atoms with Crippen LogP contribution in [0.15, 0.2) is 12.3 Å². The molecule has 0 radical (unpaired) electrons. The van der Waals surface area contributed by atoms with Gasteiger partial charge in [0.2, 0.25) is 5.91 Å². The van der Waals surface area contributed by atoms with E-state index in [9.17, 15) is 4.79 Å². The molecule has 1 atom stereocenters. The molecule has 4 nitrogen and oxygen atoms in total. The minimum absolute atomic E-state index is 0.221. The van der Waals surface area contributed by atoms with Gasteiger partial charge < -0.3 is 15.4 Å². The summed E-state index contributed by atoms with van der Waals surface area (Å²) in [5.41, 5.74) is 0. The lowest BCUT2D eigenvalue weighted by atomic mass is 10.1. The SMILES string of the molecule is O=C(NCCNCC1CCC=CO1)C1CC1. The second-order valence-electron chi connectivity index (χ2n) is 4.48. The maximum absolute atomic E-state index is 11.3. The molecule has 2 aliphatic rings. The van der Waals surface area contributed by atoms with Crippen molar-refractivity contribution in [3.63, 3.8) is 0 Å². The van der Waals surface area contributed by atoms with E-state index < -0.39 is 0 Å². The Morgan fingerprint density at radius 3 is 2.88 bits per heavy atom. The van der Waals surface area contributed by atoms with Gasteiger partial charge >= 0.3 is 0 Å². The van der Waals surface area contributed by atoms with Crippen LogP contribution in [-0.4, -0.2) is 31.6 Å². The van der Waals surface area contributed by atoms with Crippen molar-refractivity contribution < 1.29 is 9.53 Å². The Bertz CT molecular complexity index is 262. The third-order valence-electron chi connectivity index (χ3n) is 2.94. The van der Waals surface area contributed by atoms with Crippen molar-refractivity contribution >= 4 is 5.91 Å². The lowest BCUT2D eigenvalue weighted by Gasteiger charge is -2.19. The van der Waals surface area contributed by atoms with Gasteiger partial charge in [0.05, 0.1) is 6.26 Å². The number of ether oxygens (including phenoxy) is 1. The fraction of sp³-hybridized carbons (Fsp3) is 0.750. The highest BCUT2D eigenvalue weighted by molar-refractivity contribution is 5.80. The Morgan fingerprint density at radius 2 is 2.19 bits per heavy atom. The van der Waals surface area contributed by atoms with Crippen molar-refractivity contribution in [3.05, 3.63) is 12.3 Å². The minimum atomic E-state index is 0.221. The van der Waals surface area contributed by atoms with E-state index in [-0.39, 0.29) is 5.91 Å². The molecular weight excluding hydrogens is 204 g/mol. The zero-order valence-electron chi connectivity index (χ0n) is 9.58. The lowest BCUT2D eigenvalue weighted by Crippen LogP contribution is -2.36. The van der Waals surface area contributed by atoms with E-state index in [1.165, 1.54) is 0 Å². The molecule has 1 aliphatic heterocycles. The standard InChI is InChI=1S/C12H20N2O2/c15-12(10-4-5-10)14-7-6-13-9-11-3-1-2-8-16-11/h2,8,10-11,13H,1,3-7,9H2,(H,14,15). The maximum atomic E-state index is 11.3. The minimum Gasteiger partial charge on any atom is -0.497 e. The zero-order valence-corrected chi connectivity index (χ0v) is 9.58. The van der Waals surface area contributed by atoms with Crippen molar-refractivity contribution in [2.45, 2.75) is 31.8 Å². The normalized spacial score (nSPS) is 23.9. The van der Waals surface area contributed by atoms with Crippen molar-refractivity contribution in [1.29, 1.82) is 0 Å². The van der Waals surface area contributed by atoms with Gasteiger partial charge in [0.25, 0.3) is 0 Å². The molecule has 0 aromatic heterocycles. The van der Waals surface area contributed by atoms with Crippen molar-refractivity contribution in [2.24, 2.45) is 5.92 Å². The molecular formula is C12H20N2O2. The van der Waals surface area contributed by atoms with Crippen molar-refractivity contribution in [1.82, 2.24) is 10.6 Å². The van der Waals surface area contributed by atoms with Crippen LogP contribution >= 0.6 is 0 Å². The van der Waals surface area contributed by atoms with Crippen molar-refractivity contribution in [2.75, 3.05) is 19.6 Å². The molecule has 1 aliphatic carbocycles. The van der Waals surface area contributed by atoms with E-state index in [2.05, 4.69) is 10.6 Å². The van der Waals surface area contributed by atoms with Crippen LogP contribution in [0.2, 0.25) is 0 Å². The van der Waals surface area contributed by atoms with Gasteiger partial charge in [-0.25, -0.2) is 0 Å². The van der Waals surface area contributed by atoms with Crippen LogP contribution in [0.25, 0.3) is 0 Å². The number of allylic oxidation sites excluding steroid dienone is 1. The van der Waals surface area contributed by atoms with Crippen LogP contribution in [0.3, 0.4) is 0 Å². The number of amides is 1. The predicted octanol–water partition coefficient (Wildman–Crippen LogP) is 0.795. The molecule has 0 aromatic carbocycles. The summed E-state index contributed by atoms with van der Waals surface area (Å²) in [5, 5.41) is 6.22. The van der Waals surface area contributed by atoms with Gasteiger partial charge in [0.1, 0.15) is 6.10 Å². The van der Waals surface area contributed by atoms with Crippen LogP contribution in [0.5, 0.6) is 0 Å². The summed E-state index contributed by atoms with van der Waals surface area (Å²) in [5.74, 6) is 0.533. The fourth-order valence-corrected chi connectivity index (χ4v) is 1.76. The van der Waals surface area contributed by atoms with Crippen LogP contribution in [0, 0.1) is 5.92 Å².